The lowest BCUT2D eigenvalue weighted by Crippen LogP contribution is -2.23. The van der Waals surface area contributed by atoms with Gasteiger partial charge in [-0.15, -0.1) is 0 Å². The number of nitrogens with zero attached hydrogens (tertiary/aromatic N) is 1. The molecule has 15 heavy (non-hydrogen) atoms. The second kappa shape index (κ2) is 4.01. The van der Waals surface area contributed by atoms with Crippen molar-refractivity contribution in [2.45, 2.75) is 6.92 Å². The summed E-state index contributed by atoms with van der Waals surface area (Å²) in [6.45, 7) is 4.36. The Morgan fingerprint density at radius 3 is 3.00 bits per heavy atom. The van der Waals surface area contributed by atoms with E-state index in [9.17, 15) is 0 Å². The molecule has 0 radical (unpaired) electrons. The van der Waals surface area contributed by atoms with E-state index in [-0.39, 0.29) is 0 Å². The molecule has 0 saturated carbocycles. The number of benzene rings is 1. The molecule has 3 heteroatoms. The number of ether oxygens (including phenoxy) is 1. The molecule has 0 aromatic heterocycles. The number of methoxy groups -OCH3 is 1. The molecular formula is C12H18N2O. The van der Waals surface area contributed by atoms with Gasteiger partial charge in [0.1, 0.15) is 5.75 Å². The minimum absolute atomic E-state index is 0.661. The van der Waals surface area contributed by atoms with E-state index in [0.717, 1.165) is 18.8 Å². The summed E-state index contributed by atoms with van der Waals surface area (Å²) in [5, 5.41) is 3.46. The zero-order chi connectivity index (χ0) is 10.8. The van der Waals surface area contributed by atoms with Crippen molar-refractivity contribution in [2.24, 2.45) is 5.92 Å². The Hall–Kier alpha value is -1.38. The van der Waals surface area contributed by atoms with Crippen LogP contribution in [0.3, 0.4) is 0 Å². The molecule has 0 saturated heterocycles. The van der Waals surface area contributed by atoms with Crippen LogP contribution in [0.25, 0.3) is 0 Å². The van der Waals surface area contributed by atoms with Crippen molar-refractivity contribution >= 4 is 11.4 Å². The van der Waals surface area contributed by atoms with Gasteiger partial charge in [-0.1, -0.05) is 6.92 Å². The summed E-state index contributed by atoms with van der Waals surface area (Å²) in [7, 11) is 3.83. The molecule has 1 aromatic carbocycles. The summed E-state index contributed by atoms with van der Waals surface area (Å²) >= 11 is 0. The second-order valence-corrected chi connectivity index (χ2v) is 4.25. The first-order chi connectivity index (χ1) is 7.20. The number of anilines is 2. The third-order valence-electron chi connectivity index (χ3n) is 2.84. The Bertz CT molecular complexity index is 351. The summed E-state index contributed by atoms with van der Waals surface area (Å²) in [6.07, 6.45) is 0. The zero-order valence-corrected chi connectivity index (χ0v) is 9.58. The van der Waals surface area contributed by atoms with Crippen LogP contribution in [0.5, 0.6) is 5.75 Å². The van der Waals surface area contributed by atoms with Crippen LogP contribution in [0.2, 0.25) is 0 Å². The fraction of sp³-hybridized carbons (Fsp3) is 0.500. The Kier molecular flexibility index (Phi) is 2.71. The maximum absolute atomic E-state index is 5.24. The lowest BCUT2D eigenvalue weighted by Gasteiger charge is -2.20. The number of hydrogen-bond donors (Lipinski definition) is 1. The van der Waals surface area contributed by atoms with Gasteiger partial charge in [0.2, 0.25) is 0 Å². The lowest BCUT2D eigenvalue weighted by atomic mass is 10.2. The highest BCUT2D eigenvalue weighted by molar-refractivity contribution is 5.72. The summed E-state index contributed by atoms with van der Waals surface area (Å²) in [5.74, 6) is 1.57. The molecule has 1 N–H and O–H groups in total. The first-order valence-electron chi connectivity index (χ1n) is 5.33. The van der Waals surface area contributed by atoms with Gasteiger partial charge in [0.05, 0.1) is 18.5 Å². The van der Waals surface area contributed by atoms with E-state index < -0.39 is 0 Å². The number of nitrogens with one attached hydrogen (secondary N) is 1. The summed E-state index contributed by atoms with van der Waals surface area (Å²) in [4.78, 5) is 2.28. The Morgan fingerprint density at radius 2 is 2.27 bits per heavy atom. The Morgan fingerprint density at radius 1 is 1.47 bits per heavy atom. The van der Waals surface area contributed by atoms with Crippen molar-refractivity contribution in [1.82, 2.24) is 0 Å². The van der Waals surface area contributed by atoms with Gasteiger partial charge in [-0.05, 0) is 18.1 Å². The van der Waals surface area contributed by atoms with Crippen LogP contribution in [0, 0.1) is 5.92 Å². The van der Waals surface area contributed by atoms with Crippen molar-refractivity contribution in [3.05, 3.63) is 18.2 Å². The third kappa shape index (κ3) is 2.01. The molecule has 0 aliphatic carbocycles. The fourth-order valence-corrected chi connectivity index (χ4v) is 2.02. The maximum atomic E-state index is 5.24. The minimum Gasteiger partial charge on any atom is -0.497 e. The SMILES string of the molecule is COc1ccc2c(c1)N(C)CC(C)CN2. The molecule has 0 fully saturated rings. The minimum atomic E-state index is 0.661. The Balaban J connectivity index is 2.36. The van der Waals surface area contributed by atoms with Gasteiger partial charge in [-0.25, -0.2) is 0 Å². The number of hydrogen-bond acceptors (Lipinski definition) is 3. The molecule has 3 nitrogen and oxygen atoms in total. The predicted molar refractivity (Wildman–Crippen MR) is 63.9 cm³/mol. The molecule has 0 bridgehead atoms. The average Bonchev–Trinajstić information content (AvgIpc) is 2.38. The van der Waals surface area contributed by atoms with Crippen molar-refractivity contribution in [2.75, 3.05) is 37.5 Å². The van der Waals surface area contributed by atoms with E-state index in [0.29, 0.717) is 5.92 Å². The van der Waals surface area contributed by atoms with Crippen molar-refractivity contribution in [3.63, 3.8) is 0 Å². The van der Waals surface area contributed by atoms with Crippen LogP contribution in [0.15, 0.2) is 18.2 Å². The van der Waals surface area contributed by atoms with Crippen LogP contribution in [0.1, 0.15) is 6.92 Å². The van der Waals surface area contributed by atoms with Gasteiger partial charge in [0, 0.05) is 26.2 Å². The molecule has 2 rings (SSSR count). The predicted octanol–water partition coefficient (Wildman–Crippen LogP) is 2.19. The second-order valence-electron chi connectivity index (χ2n) is 4.25. The molecular weight excluding hydrogens is 188 g/mol. The highest BCUT2D eigenvalue weighted by Gasteiger charge is 2.16. The average molecular weight is 206 g/mol. The van der Waals surface area contributed by atoms with E-state index in [1.54, 1.807) is 7.11 Å². The molecule has 1 aliphatic rings. The number of fused-ring (bicyclic) bond motifs is 1. The fourth-order valence-electron chi connectivity index (χ4n) is 2.02. The van der Waals surface area contributed by atoms with E-state index >= 15 is 0 Å². The molecule has 1 aliphatic heterocycles. The van der Waals surface area contributed by atoms with Crippen LogP contribution >= 0.6 is 0 Å². The monoisotopic (exact) mass is 206 g/mol. The Labute approximate surface area is 91.0 Å². The first-order valence-corrected chi connectivity index (χ1v) is 5.33. The summed E-state index contributed by atoms with van der Waals surface area (Å²) in [5.41, 5.74) is 2.42. The first kappa shape index (κ1) is 10.1. The molecule has 0 amide bonds. The molecule has 1 unspecified atom stereocenters. The number of rotatable bonds is 1. The van der Waals surface area contributed by atoms with E-state index in [1.807, 2.05) is 6.07 Å². The van der Waals surface area contributed by atoms with E-state index in [2.05, 4.69) is 36.3 Å². The van der Waals surface area contributed by atoms with Crippen LogP contribution < -0.4 is 15.0 Å². The van der Waals surface area contributed by atoms with Crippen LogP contribution in [-0.2, 0) is 0 Å². The van der Waals surface area contributed by atoms with Gasteiger partial charge in [0.15, 0.2) is 0 Å². The quantitative estimate of drug-likeness (QED) is 0.762. The molecule has 82 valence electrons. The third-order valence-corrected chi connectivity index (χ3v) is 2.84. The van der Waals surface area contributed by atoms with Gasteiger partial charge in [-0.3, -0.25) is 0 Å². The van der Waals surface area contributed by atoms with Gasteiger partial charge in [-0.2, -0.15) is 0 Å². The maximum Gasteiger partial charge on any atom is 0.121 e. The van der Waals surface area contributed by atoms with Crippen molar-refractivity contribution in [3.8, 4) is 5.75 Å². The molecule has 1 heterocycles. The standard InChI is InChI=1S/C12H18N2O/c1-9-7-13-11-5-4-10(15-3)6-12(11)14(2)8-9/h4-6,9,13H,7-8H2,1-3H3. The van der Waals surface area contributed by atoms with E-state index in [1.165, 1.54) is 11.4 Å². The molecule has 0 spiro atoms. The highest BCUT2D eigenvalue weighted by Crippen LogP contribution is 2.32. The topological polar surface area (TPSA) is 24.5 Å². The van der Waals surface area contributed by atoms with Gasteiger partial charge >= 0.3 is 0 Å². The molecule has 1 aromatic rings. The smallest absolute Gasteiger partial charge is 0.121 e. The van der Waals surface area contributed by atoms with E-state index in [4.69, 9.17) is 4.74 Å². The van der Waals surface area contributed by atoms with Crippen LogP contribution in [-0.4, -0.2) is 27.2 Å². The lowest BCUT2D eigenvalue weighted by molar-refractivity contribution is 0.415. The highest BCUT2D eigenvalue weighted by atomic mass is 16.5. The zero-order valence-electron chi connectivity index (χ0n) is 9.58. The summed E-state index contributed by atoms with van der Waals surface area (Å²) < 4.78 is 5.24. The summed E-state index contributed by atoms with van der Waals surface area (Å²) in [6, 6.07) is 6.17. The van der Waals surface area contributed by atoms with Crippen molar-refractivity contribution < 1.29 is 4.74 Å². The van der Waals surface area contributed by atoms with Gasteiger partial charge < -0.3 is 15.0 Å². The molecule has 1 atom stereocenters. The van der Waals surface area contributed by atoms with Crippen LogP contribution in [0.4, 0.5) is 11.4 Å². The van der Waals surface area contributed by atoms with Gasteiger partial charge in [0.25, 0.3) is 0 Å². The van der Waals surface area contributed by atoms with Crippen molar-refractivity contribution in [1.29, 1.82) is 0 Å². The normalized spacial score (nSPS) is 20.2. The largest absolute Gasteiger partial charge is 0.497 e.